The summed E-state index contributed by atoms with van der Waals surface area (Å²) in [5.74, 6) is 0.574. The van der Waals surface area contributed by atoms with Crippen LogP contribution in [0.25, 0.3) is 0 Å². The van der Waals surface area contributed by atoms with E-state index < -0.39 is 5.97 Å². The maximum atomic E-state index is 11.5. The first kappa shape index (κ1) is 14.2. The van der Waals surface area contributed by atoms with Gasteiger partial charge in [-0.15, -0.1) is 0 Å². The number of rotatable bonds is 5. The average Bonchev–Trinajstić information content (AvgIpc) is 3.06. The van der Waals surface area contributed by atoms with Gasteiger partial charge in [-0.3, -0.25) is 4.79 Å². The van der Waals surface area contributed by atoms with Gasteiger partial charge in [-0.2, -0.15) is 0 Å². The number of methoxy groups -OCH3 is 1. The van der Waals surface area contributed by atoms with Gasteiger partial charge in [0.2, 0.25) is 0 Å². The van der Waals surface area contributed by atoms with E-state index >= 15 is 0 Å². The summed E-state index contributed by atoms with van der Waals surface area (Å²) in [6.07, 6.45) is 3.16. The summed E-state index contributed by atoms with van der Waals surface area (Å²) in [4.78, 5) is 11.5. The lowest BCUT2D eigenvalue weighted by atomic mass is 9.84. The van der Waals surface area contributed by atoms with Crippen LogP contribution in [0.2, 0.25) is 0 Å². The van der Waals surface area contributed by atoms with Gasteiger partial charge in [-0.25, -0.2) is 0 Å². The molecule has 3 rings (SSSR count). The zero-order chi connectivity index (χ0) is 15.0. The van der Waals surface area contributed by atoms with E-state index in [1.165, 1.54) is 0 Å². The number of carboxylic acid groups (broad SMARTS) is 1. The summed E-state index contributed by atoms with van der Waals surface area (Å²) in [6, 6.07) is 5.20. The normalized spacial score (nSPS) is 30.5. The smallest absolute Gasteiger partial charge is 0.308 e. The van der Waals surface area contributed by atoms with Gasteiger partial charge in [0.1, 0.15) is 11.5 Å². The highest BCUT2D eigenvalue weighted by atomic mass is 16.5. The first-order chi connectivity index (χ1) is 10.1. The van der Waals surface area contributed by atoms with Crippen molar-refractivity contribution >= 4 is 5.97 Å². The molecular weight excluding hydrogens is 270 g/mol. The number of phenolic OH excluding ortho intramolecular Hbond substituents is 1. The van der Waals surface area contributed by atoms with Crippen LogP contribution in [0.5, 0.6) is 11.5 Å². The number of hydrogen-bond acceptors (Lipinski definition) is 4. The minimum absolute atomic E-state index is 0.0164. The van der Waals surface area contributed by atoms with Crippen molar-refractivity contribution in [1.82, 2.24) is 5.32 Å². The van der Waals surface area contributed by atoms with Crippen LogP contribution in [0.4, 0.5) is 0 Å². The Morgan fingerprint density at radius 2 is 2.14 bits per heavy atom. The van der Waals surface area contributed by atoms with Crippen LogP contribution >= 0.6 is 0 Å². The molecular formula is C16H21NO4. The van der Waals surface area contributed by atoms with Gasteiger partial charge in [0.25, 0.3) is 0 Å². The lowest BCUT2D eigenvalue weighted by molar-refractivity contribution is -0.144. The molecule has 2 saturated carbocycles. The molecule has 4 unspecified atom stereocenters. The summed E-state index contributed by atoms with van der Waals surface area (Å²) in [7, 11) is 1.55. The van der Waals surface area contributed by atoms with Gasteiger partial charge in [-0.1, -0.05) is 6.07 Å². The number of ether oxygens (including phenoxy) is 1. The highest BCUT2D eigenvalue weighted by Gasteiger charge is 2.50. The second-order valence-electron chi connectivity index (χ2n) is 6.10. The molecule has 5 heteroatoms. The Hall–Kier alpha value is -1.75. The van der Waals surface area contributed by atoms with E-state index in [0.717, 1.165) is 24.8 Å². The molecule has 2 fully saturated rings. The van der Waals surface area contributed by atoms with Crippen LogP contribution in [0.3, 0.4) is 0 Å². The molecule has 2 aliphatic carbocycles. The summed E-state index contributed by atoms with van der Waals surface area (Å²) < 4.78 is 5.06. The quantitative estimate of drug-likeness (QED) is 0.773. The van der Waals surface area contributed by atoms with E-state index in [-0.39, 0.29) is 17.7 Å². The van der Waals surface area contributed by atoms with Crippen LogP contribution in [0.1, 0.15) is 24.8 Å². The maximum absolute atomic E-state index is 11.5. The number of carboxylic acids is 1. The summed E-state index contributed by atoms with van der Waals surface area (Å²) in [5, 5.41) is 22.7. The van der Waals surface area contributed by atoms with Gasteiger partial charge in [0, 0.05) is 24.2 Å². The molecule has 1 aromatic carbocycles. The van der Waals surface area contributed by atoms with Gasteiger partial charge < -0.3 is 20.3 Å². The largest absolute Gasteiger partial charge is 0.507 e. The Bertz CT molecular complexity index is 545. The highest BCUT2D eigenvalue weighted by Crippen LogP contribution is 2.48. The van der Waals surface area contributed by atoms with Gasteiger partial charge in [0.05, 0.1) is 13.0 Å². The predicted molar refractivity (Wildman–Crippen MR) is 77.2 cm³/mol. The van der Waals surface area contributed by atoms with Gasteiger partial charge >= 0.3 is 5.97 Å². The van der Waals surface area contributed by atoms with E-state index in [1.807, 2.05) is 6.07 Å². The van der Waals surface area contributed by atoms with Crippen LogP contribution in [-0.4, -0.2) is 29.3 Å². The number of phenols is 1. The third kappa shape index (κ3) is 2.58. The van der Waals surface area contributed by atoms with Crippen molar-refractivity contribution in [3.63, 3.8) is 0 Å². The molecule has 114 valence electrons. The zero-order valence-corrected chi connectivity index (χ0v) is 12.1. The summed E-state index contributed by atoms with van der Waals surface area (Å²) in [6.45, 7) is 0.480. The number of carbonyl (C=O) groups is 1. The molecule has 0 heterocycles. The Morgan fingerprint density at radius 3 is 2.81 bits per heavy atom. The Kier molecular flexibility index (Phi) is 3.76. The van der Waals surface area contributed by atoms with Crippen molar-refractivity contribution in [3.8, 4) is 11.5 Å². The minimum Gasteiger partial charge on any atom is -0.507 e. The third-order valence-electron chi connectivity index (χ3n) is 5.02. The highest BCUT2D eigenvalue weighted by molar-refractivity contribution is 5.72. The molecule has 5 nitrogen and oxygen atoms in total. The molecule has 2 aliphatic rings. The van der Waals surface area contributed by atoms with E-state index in [9.17, 15) is 15.0 Å². The monoisotopic (exact) mass is 291 g/mol. The third-order valence-corrected chi connectivity index (χ3v) is 5.02. The topological polar surface area (TPSA) is 78.8 Å². The van der Waals surface area contributed by atoms with Crippen LogP contribution < -0.4 is 10.1 Å². The molecule has 0 spiro atoms. The fourth-order valence-electron chi connectivity index (χ4n) is 3.99. The standard InChI is InChI=1S/C16H21NO4/c1-21-12-5-4-11(13(18)7-12)8-17-15-10-3-2-9(6-10)14(15)16(19)20/h4-5,7,9-10,14-15,17-18H,2-3,6,8H2,1H3,(H,19,20). The number of aliphatic carboxylic acids is 1. The second-order valence-corrected chi connectivity index (χ2v) is 6.10. The number of hydrogen-bond donors (Lipinski definition) is 3. The zero-order valence-electron chi connectivity index (χ0n) is 12.1. The number of fused-ring (bicyclic) bond motifs is 2. The lowest BCUT2D eigenvalue weighted by Gasteiger charge is -2.29. The molecule has 0 saturated heterocycles. The van der Waals surface area contributed by atoms with Crippen LogP contribution in [0, 0.1) is 17.8 Å². The van der Waals surface area contributed by atoms with Crippen molar-refractivity contribution in [1.29, 1.82) is 0 Å². The molecule has 3 N–H and O–H groups in total. The van der Waals surface area contributed by atoms with Crippen molar-refractivity contribution < 1.29 is 19.7 Å². The fourth-order valence-corrected chi connectivity index (χ4v) is 3.99. The summed E-state index contributed by atoms with van der Waals surface area (Å²) in [5.41, 5.74) is 0.766. The van der Waals surface area contributed by atoms with Crippen molar-refractivity contribution in [2.24, 2.45) is 17.8 Å². The molecule has 21 heavy (non-hydrogen) atoms. The second kappa shape index (κ2) is 5.56. The fraction of sp³-hybridized carbons (Fsp3) is 0.562. The molecule has 0 aromatic heterocycles. The number of aromatic hydroxyl groups is 1. The van der Waals surface area contributed by atoms with Crippen LogP contribution in [-0.2, 0) is 11.3 Å². The average molecular weight is 291 g/mol. The number of nitrogens with one attached hydrogen (secondary N) is 1. The van der Waals surface area contributed by atoms with Gasteiger partial charge in [-0.05, 0) is 37.2 Å². The molecule has 2 bridgehead atoms. The Balaban J connectivity index is 1.68. The molecule has 0 aliphatic heterocycles. The predicted octanol–water partition coefficient (Wildman–Crippen LogP) is 1.99. The van der Waals surface area contributed by atoms with Crippen LogP contribution in [0.15, 0.2) is 18.2 Å². The summed E-state index contributed by atoms with van der Waals surface area (Å²) >= 11 is 0. The van der Waals surface area contributed by atoms with E-state index in [1.54, 1.807) is 19.2 Å². The van der Waals surface area contributed by atoms with Gasteiger partial charge in [0.15, 0.2) is 0 Å². The Morgan fingerprint density at radius 1 is 1.38 bits per heavy atom. The first-order valence-corrected chi connectivity index (χ1v) is 7.42. The Labute approximate surface area is 123 Å². The lowest BCUT2D eigenvalue weighted by Crippen LogP contribution is -2.43. The van der Waals surface area contributed by atoms with E-state index in [2.05, 4.69) is 5.32 Å². The molecule has 0 radical (unpaired) electrons. The SMILES string of the molecule is COc1ccc(CNC2C3CCC(C3)C2C(=O)O)c(O)c1. The molecule has 1 aromatic rings. The number of benzene rings is 1. The van der Waals surface area contributed by atoms with Crippen molar-refractivity contribution in [2.75, 3.05) is 7.11 Å². The van der Waals surface area contributed by atoms with E-state index in [0.29, 0.717) is 24.1 Å². The van der Waals surface area contributed by atoms with E-state index in [4.69, 9.17) is 4.74 Å². The minimum atomic E-state index is -0.696. The molecule has 0 amide bonds. The van der Waals surface area contributed by atoms with Crippen molar-refractivity contribution in [3.05, 3.63) is 23.8 Å². The molecule has 4 atom stereocenters. The maximum Gasteiger partial charge on any atom is 0.308 e. The first-order valence-electron chi connectivity index (χ1n) is 7.42. The van der Waals surface area contributed by atoms with Crippen molar-refractivity contribution in [2.45, 2.75) is 31.8 Å².